The Balaban J connectivity index is 2.48. The third kappa shape index (κ3) is 1.85. The molecular weight excluding hydrogens is 201 g/mol. The zero-order valence-corrected chi connectivity index (χ0v) is 7.48. The summed E-state index contributed by atoms with van der Waals surface area (Å²) in [4.78, 5) is 14.0. The number of aliphatic carboxylic acids is 1. The van der Waals surface area contributed by atoms with Crippen LogP contribution >= 0.6 is 0 Å². The number of rotatable bonds is 2. The fourth-order valence-corrected chi connectivity index (χ4v) is 1.15. The molecule has 5 heteroatoms. The van der Waals surface area contributed by atoms with Gasteiger partial charge in [0.25, 0.3) is 0 Å². The van der Waals surface area contributed by atoms with Gasteiger partial charge in [0, 0.05) is 12.2 Å². The minimum absolute atomic E-state index is 0.0671. The number of nitrogens with zero attached hydrogens (tertiary/aromatic N) is 1. The molecule has 0 fully saturated rings. The lowest BCUT2D eigenvalue weighted by Crippen LogP contribution is -1.85. The summed E-state index contributed by atoms with van der Waals surface area (Å²) in [6, 6.07) is 4.31. The summed E-state index contributed by atoms with van der Waals surface area (Å²) in [5.41, 5.74) is 0.391. The maximum Gasteiger partial charge on any atom is 0.328 e. The number of hydrogen-bond donors (Lipinski definition) is 1. The molecule has 1 N–H and O–H groups in total. The third-order valence-corrected chi connectivity index (χ3v) is 1.75. The molecule has 0 bridgehead atoms. The van der Waals surface area contributed by atoms with Crippen LogP contribution in [0.5, 0.6) is 0 Å². The second-order valence-electron chi connectivity index (χ2n) is 2.81. The molecule has 2 aromatic rings. The first-order valence-corrected chi connectivity index (χ1v) is 4.13. The fourth-order valence-electron chi connectivity index (χ4n) is 1.15. The van der Waals surface area contributed by atoms with Crippen LogP contribution in [0.2, 0.25) is 0 Å². The molecule has 0 atom stereocenters. The van der Waals surface area contributed by atoms with Crippen LogP contribution in [0.4, 0.5) is 4.39 Å². The number of para-hydroxylation sites is 1. The lowest BCUT2D eigenvalue weighted by Gasteiger charge is -1.85. The van der Waals surface area contributed by atoms with Crippen LogP contribution in [-0.4, -0.2) is 16.1 Å². The van der Waals surface area contributed by atoms with Crippen LogP contribution in [0.15, 0.2) is 28.7 Å². The SMILES string of the molecule is O=C(O)/C=C/c1nc2c(F)cccc2o1. The molecule has 0 saturated carbocycles. The molecule has 1 aromatic carbocycles. The molecule has 0 saturated heterocycles. The Morgan fingerprint density at radius 2 is 2.33 bits per heavy atom. The van der Waals surface area contributed by atoms with Gasteiger partial charge in [0.15, 0.2) is 11.4 Å². The molecule has 0 aliphatic carbocycles. The average Bonchev–Trinajstić information content (AvgIpc) is 2.59. The number of halogens is 1. The Labute approximate surface area is 83.7 Å². The summed E-state index contributed by atoms with van der Waals surface area (Å²) in [5, 5.41) is 8.37. The van der Waals surface area contributed by atoms with E-state index in [9.17, 15) is 9.18 Å². The summed E-state index contributed by atoms with van der Waals surface area (Å²) in [6.07, 6.45) is 2.05. The maximum absolute atomic E-state index is 13.1. The molecule has 2 rings (SSSR count). The zero-order chi connectivity index (χ0) is 10.8. The van der Waals surface area contributed by atoms with E-state index in [0.717, 1.165) is 6.08 Å². The van der Waals surface area contributed by atoms with E-state index in [1.807, 2.05) is 0 Å². The predicted molar refractivity (Wildman–Crippen MR) is 50.6 cm³/mol. The lowest BCUT2D eigenvalue weighted by atomic mass is 10.3. The van der Waals surface area contributed by atoms with Gasteiger partial charge in [0.05, 0.1) is 0 Å². The van der Waals surface area contributed by atoms with Crippen molar-refractivity contribution in [3.63, 3.8) is 0 Å². The summed E-state index contributed by atoms with van der Waals surface area (Å²) in [6.45, 7) is 0. The van der Waals surface area contributed by atoms with Gasteiger partial charge < -0.3 is 9.52 Å². The van der Waals surface area contributed by atoms with Crippen LogP contribution in [0.3, 0.4) is 0 Å². The first kappa shape index (κ1) is 9.39. The number of benzene rings is 1. The van der Waals surface area contributed by atoms with Gasteiger partial charge in [-0.25, -0.2) is 14.2 Å². The van der Waals surface area contributed by atoms with E-state index in [-0.39, 0.29) is 11.4 Å². The molecule has 0 spiro atoms. The van der Waals surface area contributed by atoms with Gasteiger partial charge in [0.2, 0.25) is 5.89 Å². The molecule has 15 heavy (non-hydrogen) atoms. The van der Waals surface area contributed by atoms with Crippen molar-refractivity contribution in [3.8, 4) is 0 Å². The molecule has 0 aliphatic rings. The zero-order valence-electron chi connectivity index (χ0n) is 7.48. The molecule has 1 heterocycles. The number of aromatic nitrogens is 1. The minimum Gasteiger partial charge on any atom is -0.478 e. The summed E-state index contributed by atoms with van der Waals surface area (Å²) < 4.78 is 18.2. The van der Waals surface area contributed by atoms with Gasteiger partial charge in [-0.05, 0) is 12.1 Å². The topological polar surface area (TPSA) is 63.3 Å². The second-order valence-corrected chi connectivity index (χ2v) is 2.81. The highest BCUT2D eigenvalue weighted by Gasteiger charge is 2.07. The number of oxazole rings is 1. The van der Waals surface area contributed by atoms with Crippen molar-refractivity contribution in [1.29, 1.82) is 0 Å². The first-order chi connectivity index (χ1) is 7.16. The van der Waals surface area contributed by atoms with E-state index < -0.39 is 11.8 Å². The van der Waals surface area contributed by atoms with Gasteiger partial charge in [-0.15, -0.1) is 0 Å². The number of carboxylic acid groups (broad SMARTS) is 1. The smallest absolute Gasteiger partial charge is 0.328 e. The van der Waals surface area contributed by atoms with E-state index >= 15 is 0 Å². The summed E-state index contributed by atoms with van der Waals surface area (Å²) in [7, 11) is 0. The summed E-state index contributed by atoms with van der Waals surface area (Å²) in [5.74, 6) is -1.54. The molecule has 76 valence electrons. The third-order valence-electron chi connectivity index (χ3n) is 1.75. The van der Waals surface area contributed by atoms with E-state index in [1.165, 1.54) is 18.2 Å². The van der Waals surface area contributed by atoms with E-state index in [0.29, 0.717) is 5.58 Å². The van der Waals surface area contributed by atoms with Crippen LogP contribution in [0, 0.1) is 5.82 Å². The molecule has 0 aliphatic heterocycles. The van der Waals surface area contributed by atoms with Gasteiger partial charge in [-0.1, -0.05) is 6.07 Å². The molecule has 0 amide bonds. The predicted octanol–water partition coefficient (Wildman–Crippen LogP) is 2.06. The van der Waals surface area contributed by atoms with Crippen LogP contribution in [0.1, 0.15) is 5.89 Å². The van der Waals surface area contributed by atoms with Crippen molar-refractivity contribution in [2.45, 2.75) is 0 Å². The van der Waals surface area contributed by atoms with E-state index in [2.05, 4.69) is 4.98 Å². The monoisotopic (exact) mass is 207 g/mol. The minimum atomic E-state index is -1.11. The molecule has 0 unspecified atom stereocenters. The lowest BCUT2D eigenvalue weighted by molar-refractivity contribution is -0.131. The Morgan fingerprint density at radius 1 is 1.53 bits per heavy atom. The maximum atomic E-state index is 13.1. The quantitative estimate of drug-likeness (QED) is 0.765. The van der Waals surface area contributed by atoms with Crippen molar-refractivity contribution in [1.82, 2.24) is 4.98 Å². The molecular formula is C10H6FNO3. The highest BCUT2D eigenvalue weighted by molar-refractivity contribution is 5.85. The van der Waals surface area contributed by atoms with Crippen molar-refractivity contribution in [2.24, 2.45) is 0 Å². The highest BCUT2D eigenvalue weighted by Crippen LogP contribution is 2.18. The Kier molecular flexibility index (Phi) is 2.21. The van der Waals surface area contributed by atoms with Crippen molar-refractivity contribution >= 4 is 23.1 Å². The van der Waals surface area contributed by atoms with E-state index in [4.69, 9.17) is 9.52 Å². The standard InChI is InChI=1S/C10H6FNO3/c11-6-2-1-3-7-10(6)12-8(15-7)4-5-9(13)14/h1-5H,(H,13,14)/b5-4+. The first-order valence-electron chi connectivity index (χ1n) is 4.13. The Morgan fingerprint density at radius 3 is 3.00 bits per heavy atom. The average molecular weight is 207 g/mol. The number of hydrogen-bond acceptors (Lipinski definition) is 3. The summed E-state index contributed by atoms with van der Waals surface area (Å²) >= 11 is 0. The van der Waals surface area contributed by atoms with Gasteiger partial charge >= 0.3 is 5.97 Å². The Hall–Kier alpha value is -2.17. The van der Waals surface area contributed by atoms with Gasteiger partial charge in [-0.2, -0.15) is 0 Å². The number of fused-ring (bicyclic) bond motifs is 1. The van der Waals surface area contributed by atoms with Crippen molar-refractivity contribution in [3.05, 3.63) is 36.0 Å². The van der Waals surface area contributed by atoms with Crippen LogP contribution in [-0.2, 0) is 4.79 Å². The molecule has 4 nitrogen and oxygen atoms in total. The molecule has 0 radical (unpaired) electrons. The normalized spacial score (nSPS) is 11.3. The van der Waals surface area contributed by atoms with E-state index in [1.54, 1.807) is 6.07 Å². The van der Waals surface area contributed by atoms with Crippen LogP contribution < -0.4 is 0 Å². The Bertz CT molecular complexity index is 545. The number of carboxylic acids is 1. The van der Waals surface area contributed by atoms with Crippen LogP contribution in [0.25, 0.3) is 17.2 Å². The fraction of sp³-hybridized carbons (Fsp3) is 0. The highest BCUT2D eigenvalue weighted by atomic mass is 19.1. The second kappa shape index (κ2) is 3.53. The number of carbonyl (C=O) groups is 1. The van der Waals surface area contributed by atoms with Gasteiger partial charge in [0.1, 0.15) is 5.52 Å². The molecule has 1 aromatic heterocycles. The van der Waals surface area contributed by atoms with Crippen molar-refractivity contribution in [2.75, 3.05) is 0 Å². The van der Waals surface area contributed by atoms with Gasteiger partial charge in [-0.3, -0.25) is 0 Å². The largest absolute Gasteiger partial charge is 0.478 e. The van der Waals surface area contributed by atoms with Crippen molar-refractivity contribution < 1.29 is 18.7 Å².